The van der Waals surface area contributed by atoms with Crippen LogP contribution in [0, 0.1) is 18.3 Å². The summed E-state index contributed by atoms with van der Waals surface area (Å²) in [6, 6.07) is 10.8. The van der Waals surface area contributed by atoms with E-state index < -0.39 is 0 Å². The van der Waals surface area contributed by atoms with Gasteiger partial charge in [0.05, 0.1) is 30.0 Å². The number of nitrogens with zero attached hydrogens (tertiary/aromatic N) is 4. The molecule has 2 fully saturated rings. The first kappa shape index (κ1) is 17.1. The predicted octanol–water partition coefficient (Wildman–Crippen LogP) is 2.00. The molecule has 26 heavy (non-hydrogen) atoms. The Labute approximate surface area is 154 Å². The van der Waals surface area contributed by atoms with Crippen LogP contribution in [0.5, 0.6) is 0 Å². The molecule has 2 aliphatic rings. The Kier molecular flexibility index (Phi) is 4.66. The molecule has 2 aromatic rings. The molecule has 1 aromatic carbocycles. The highest BCUT2D eigenvalue weighted by molar-refractivity contribution is 5.50. The standard InChI is InChI=1S/C20H25N5O/c1-14-12-22-25(13-14)20-18(10-19(20)26)23-16-6-8-24(9-7-16)17-4-2-15(11-21)3-5-17/h2-5,12-13,16,18-20,23,26H,6-10H2,1H3/t18-,19+,20+/m0/s1. The lowest BCUT2D eigenvalue weighted by atomic mass is 9.82. The van der Waals surface area contributed by atoms with Gasteiger partial charge in [-0.05, 0) is 56.0 Å². The van der Waals surface area contributed by atoms with Gasteiger partial charge in [-0.3, -0.25) is 4.68 Å². The quantitative estimate of drug-likeness (QED) is 0.881. The highest BCUT2D eigenvalue weighted by atomic mass is 16.3. The SMILES string of the molecule is Cc1cnn([C@H]2[C@H](O)C[C@@H]2NC2CCN(c3ccc(C#N)cc3)CC2)c1. The Balaban J connectivity index is 1.31. The van der Waals surface area contributed by atoms with Crippen LogP contribution in [-0.2, 0) is 0 Å². The largest absolute Gasteiger partial charge is 0.391 e. The van der Waals surface area contributed by atoms with Gasteiger partial charge in [0.1, 0.15) is 0 Å². The highest BCUT2D eigenvalue weighted by Gasteiger charge is 2.42. The van der Waals surface area contributed by atoms with Crippen molar-refractivity contribution in [2.24, 2.45) is 0 Å². The first-order valence-electron chi connectivity index (χ1n) is 9.34. The number of nitriles is 1. The minimum atomic E-state index is -0.314. The van der Waals surface area contributed by atoms with Crippen LogP contribution in [0.4, 0.5) is 5.69 Å². The van der Waals surface area contributed by atoms with E-state index in [1.54, 1.807) is 0 Å². The van der Waals surface area contributed by atoms with E-state index in [1.165, 1.54) is 5.69 Å². The summed E-state index contributed by atoms with van der Waals surface area (Å²) in [6.45, 7) is 4.03. The molecule has 3 atom stereocenters. The maximum atomic E-state index is 10.2. The van der Waals surface area contributed by atoms with Crippen molar-refractivity contribution in [3.8, 4) is 6.07 Å². The predicted molar refractivity (Wildman–Crippen MR) is 99.9 cm³/mol. The molecule has 0 unspecified atom stereocenters. The smallest absolute Gasteiger partial charge is 0.0991 e. The van der Waals surface area contributed by atoms with Crippen LogP contribution < -0.4 is 10.2 Å². The van der Waals surface area contributed by atoms with Gasteiger partial charge in [-0.15, -0.1) is 0 Å². The second-order valence-electron chi connectivity index (χ2n) is 7.48. The van der Waals surface area contributed by atoms with Gasteiger partial charge in [0.15, 0.2) is 0 Å². The van der Waals surface area contributed by atoms with Crippen LogP contribution in [0.2, 0.25) is 0 Å². The Morgan fingerprint density at radius 2 is 1.96 bits per heavy atom. The van der Waals surface area contributed by atoms with Crippen LogP contribution in [0.25, 0.3) is 0 Å². The van der Waals surface area contributed by atoms with Crippen molar-refractivity contribution in [1.82, 2.24) is 15.1 Å². The summed E-state index contributed by atoms with van der Waals surface area (Å²) < 4.78 is 1.91. The fourth-order valence-electron chi connectivity index (χ4n) is 4.09. The van der Waals surface area contributed by atoms with E-state index in [0.717, 1.165) is 37.9 Å². The van der Waals surface area contributed by atoms with E-state index in [9.17, 15) is 5.11 Å². The Hall–Kier alpha value is -2.36. The van der Waals surface area contributed by atoms with Crippen LogP contribution in [0.3, 0.4) is 0 Å². The van der Waals surface area contributed by atoms with E-state index in [4.69, 9.17) is 5.26 Å². The van der Waals surface area contributed by atoms with Crippen molar-refractivity contribution in [1.29, 1.82) is 5.26 Å². The number of aromatic nitrogens is 2. The topological polar surface area (TPSA) is 77.1 Å². The van der Waals surface area contributed by atoms with E-state index in [2.05, 4.69) is 21.4 Å². The summed E-state index contributed by atoms with van der Waals surface area (Å²) in [5.41, 5.74) is 3.01. The summed E-state index contributed by atoms with van der Waals surface area (Å²) in [6.07, 6.45) is 6.49. The average molecular weight is 351 g/mol. The van der Waals surface area contributed by atoms with Crippen molar-refractivity contribution < 1.29 is 5.11 Å². The van der Waals surface area contributed by atoms with Crippen molar-refractivity contribution in [3.05, 3.63) is 47.8 Å². The van der Waals surface area contributed by atoms with E-state index in [0.29, 0.717) is 11.6 Å². The van der Waals surface area contributed by atoms with Crippen LogP contribution in [0.15, 0.2) is 36.7 Å². The van der Waals surface area contributed by atoms with Crippen LogP contribution >= 0.6 is 0 Å². The molecular formula is C20H25N5O. The molecule has 136 valence electrons. The number of hydrogen-bond acceptors (Lipinski definition) is 5. The normalized spacial score (nSPS) is 26.3. The lowest BCUT2D eigenvalue weighted by Crippen LogP contribution is -2.58. The van der Waals surface area contributed by atoms with Crippen molar-refractivity contribution in [2.45, 2.75) is 50.4 Å². The van der Waals surface area contributed by atoms with E-state index >= 15 is 0 Å². The lowest BCUT2D eigenvalue weighted by Gasteiger charge is -2.45. The third-order valence-corrected chi connectivity index (χ3v) is 5.64. The molecule has 1 aromatic heterocycles. The summed E-state index contributed by atoms with van der Waals surface area (Å²) in [5, 5.41) is 27.2. The number of benzene rings is 1. The molecular weight excluding hydrogens is 326 g/mol. The van der Waals surface area contributed by atoms with Gasteiger partial charge in [0.25, 0.3) is 0 Å². The number of piperidine rings is 1. The summed E-state index contributed by atoms with van der Waals surface area (Å²) in [7, 11) is 0. The monoisotopic (exact) mass is 351 g/mol. The minimum absolute atomic E-state index is 0.0419. The second-order valence-corrected chi connectivity index (χ2v) is 7.48. The van der Waals surface area contributed by atoms with Crippen LogP contribution in [0.1, 0.15) is 36.4 Å². The Bertz CT molecular complexity index is 785. The number of rotatable bonds is 4. The molecule has 1 aliphatic carbocycles. The lowest BCUT2D eigenvalue weighted by molar-refractivity contribution is -0.0126. The Morgan fingerprint density at radius 3 is 2.54 bits per heavy atom. The van der Waals surface area contributed by atoms with Crippen LogP contribution in [-0.4, -0.2) is 46.2 Å². The maximum Gasteiger partial charge on any atom is 0.0991 e. The summed E-state index contributed by atoms with van der Waals surface area (Å²) in [5.74, 6) is 0. The fraction of sp³-hybridized carbons (Fsp3) is 0.500. The highest BCUT2D eigenvalue weighted by Crippen LogP contribution is 2.33. The molecule has 0 spiro atoms. The van der Waals surface area contributed by atoms with E-state index in [-0.39, 0.29) is 18.2 Å². The molecule has 6 heteroatoms. The molecule has 0 amide bonds. The maximum absolute atomic E-state index is 10.2. The second kappa shape index (κ2) is 7.10. The molecule has 2 heterocycles. The molecule has 1 saturated carbocycles. The van der Waals surface area contributed by atoms with Gasteiger partial charge in [-0.25, -0.2) is 0 Å². The summed E-state index contributed by atoms with van der Waals surface area (Å²) >= 11 is 0. The zero-order chi connectivity index (χ0) is 18.1. The number of hydrogen-bond donors (Lipinski definition) is 2. The first-order valence-corrected chi connectivity index (χ1v) is 9.34. The summed E-state index contributed by atoms with van der Waals surface area (Å²) in [4.78, 5) is 2.38. The van der Waals surface area contributed by atoms with E-state index in [1.807, 2.05) is 48.3 Å². The molecule has 4 rings (SSSR count). The van der Waals surface area contributed by atoms with Crippen molar-refractivity contribution >= 4 is 5.69 Å². The van der Waals surface area contributed by atoms with Gasteiger partial charge >= 0.3 is 0 Å². The van der Waals surface area contributed by atoms with Crippen molar-refractivity contribution in [3.63, 3.8) is 0 Å². The third kappa shape index (κ3) is 3.33. The number of nitrogens with one attached hydrogen (secondary N) is 1. The molecule has 1 aliphatic heterocycles. The minimum Gasteiger partial charge on any atom is -0.391 e. The fourth-order valence-corrected chi connectivity index (χ4v) is 4.09. The first-order chi connectivity index (χ1) is 12.6. The van der Waals surface area contributed by atoms with Crippen molar-refractivity contribution in [2.75, 3.05) is 18.0 Å². The zero-order valence-electron chi connectivity index (χ0n) is 15.0. The average Bonchev–Trinajstić information content (AvgIpc) is 3.07. The van der Waals surface area contributed by atoms with Gasteiger partial charge < -0.3 is 15.3 Å². The number of anilines is 1. The molecule has 0 bridgehead atoms. The zero-order valence-corrected chi connectivity index (χ0v) is 15.0. The number of aliphatic hydroxyl groups excluding tert-OH is 1. The Morgan fingerprint density at radius 1 is 1.23 bits per heavy atom. The molecule has 2 N–H and O–H groups in total. The van der Waals surface area contributed by atoms with Gasteiger partial charge in [-0.1, -0.05) is 0 Å². The molecule has 6 nitrogen and oxygen atoms in total. The van der Waals surface area contributed by atoms with Gasteiger partial charge in [0, 0.05) is 37.1 Å². The molecule has 0 radical (unpaired) electrons. The third-order valence-electron chi connectivity index (χ3n) is 5.64. The number of aliphatic hydroxyl groups is 1. The van der Waals surface area contributed by atoms with Gasteiger partial charge in [-0.2, -0.15) is 10.4 Å². The molecule has 1 saturated heterocycles. The number of aryl methyl sites for hydroxylation is 1. The van der Waals surface area contributed by atoms with Gasteiger partial charge in [0.2, 0.25) is 0 Å².